The molecule has 0 aliphatic rings. The van der Waals surface area contributed by atoms with E-state index >= 15 is 0 Å². The summed E-state index contributed by atoms with van der Waals surface area (Å²) in [6, 6.07) is 4.99. The lowest BCUT2D eigenvalue weighted by atomic mass is 10.3. The zero-order chi connectivity index (χ0) is 15.3. The highest BCUT2D eigenvalue weighted by molar-refractivity contribution is 9.10. The highest BCUT2D eigenvalue weighted by Crippen LogP contribution is 2.27. The maximum Gasteiger partial charge on any atom is 0.130 e. The molecule has 0 unspecified atom stereocenters. The molecule has 21 heavy (non-hydrogen) atoms. The third-order valence-electron chi connectivity index (χ3n) is 2.38. The SMILES string of the molecule is Oc1ccc(OCCOCCOCCOCCBr)cc1Br. The van der Waals surface area contributed by atoms with E-state index in [-0.39, 0.29) is 5.75 Å². The summed E-state index contributed by atoms with van der Waals surface area (Å²) in [5.41, 5.74) is 0. The van der Waals surface area contributed by atoms with Crippen molar-refractivity contribution in [2.75, 3.05) is 51.6 Å². The Morgan fingerprint density at radius 3 is 2.00 bits per heavy atom. The molecule has 0 radical (unpaired) electrons. The van der Waals surface area contributed by atoms with Gasteiger partial charge in [0.05, 0.1) is 44.1 Å². The standard InChI is InChI=1S/C14H20Br2O5/c15-3-4-18-5-6-19-7-8-20-9-10-21-12-1-2-14(17)13(16)11-12/h1-2,11,17H,3-10H2. The van der Waals surface area contributed by atoms with Crippen LogP contribution < -0.4 is 4.74 Å². The number of aromatic hydroxyl groups is 1. The van der Waals surface area contributed by atoms with Crippen LogP contribution in [0.2, 0.25) is 0 Å². The van der Waals surface area contributed by atoms with Gasteiger partial charge in [-0.1, -0.05) is 15.9 Å². The van der Waals surface area contributed by atoms with Crippen LogP contribution in [0.1, 0.15) is 0 Å². The Balaban J connectivity index is 1.91. The molecule has 1 aromatic rings. The summed E-state index contributed by atoms with van der Waals surface area (Å²) >= 11 is 6.51. The van der Waals surface area contributed by atoms with Crippen molar-refractivity contribution in [1.82, 2.24) is 0 Å². The molecule has 1 N–H and O–H groups in total. The summed E-state index contributed by atoms with van der Waals surface area (Å²) in [6.07, 6.45) is 0. The van der Waals surface area contributed by atoms with Crippen LogP contribution in [-0.4, -0.2) is 56.7 Å². The van der Waals surface area contributed by atoms with E-state index in [1.54, 1.807) is 18.2 Å². The van der Waals surface area contributed by atoms with Crippen molar-refractivity contribution in [2.24, 2.45) is 0 Å². The lowest BCUT2D eigenvalue weighted by Gasteiger charge is -2.08. The van der Waals surface area contributed by atoms with Crippen molar-refractivity contribution < 1.29 is 24.1 Å². The van der Waals surface area contributed by atoms with E-state index in [1.165, 1.54) is 0 Å². The monoisotopic (exact) mass is 426 g/mol. The van der Waals surface area contributed by atoms with E-state index < -0.39 is 0 Å². The molecule has 7 heteroatoms. The Hall–Kier alpha value is -0.340. The quantitative estimate of drug-likeness (QED) is 0.410. The molecular formula is C14H20Br2O5. The van der Waals surface area contributed by atoms with E-state index in [1.807, 2.05) is 0 Å². The molecule has 1 aromatic carbocycles. The Labute approximate surface area is 141 Å². The Morgan fingerprint density at radius 2 is 1.43 bits per heavy atom. The van der Waals surface area contributed by atoms with E-state index in [4.69, 9.17) is 18.9 Å². The highest BCUT2D eigenvalue weighted by Gasteiger charge is 2.00. The zero-order valence-corrected chi connectivity index (χ0v) is 14.9. The number of benzene rings is 1. The largest absolute Gasteiger partial charge is 0.507 e. The molecule has 0 heterocycles. The summed E-state index contributed by atoms with van der Waals surface area (Å²) in [5, 5.41) is 10.2. The molecule has 120 valence electrons. The van der Waals surface area contributed by atoms with E-state index in [0.29, 0.717) is 56.5 Å². The summed E-state index contributed by atoms with van der Waals surface area (Å²) in [6.45, 7) is 3.89. The third kappa shape index (κ3) is 9.31. The highest BCUT2D eigenvalue weighted by atomic mass is 79.9. The van der Waals surface area contributed by atoms with Crippen molar-refractivity contribution in [3.05, 3.63) is 22.7 Å². The molecule has 5 nitrogen and oxygen atoms in total. The number of halogens is 2. The fourth-order valence-electron chi connectivity index (χ4n) is 1.39. The van der Waals surface area contributed by atoms with Crippen LogP contribution >= 0.6 is 31.9 Å². The van der Waals surface area contributed by atoms with Gasteiger partial charge in [-0.05, 0) is 34.1 Å². The molecule has 0 aromatic heterocycles. The first-order valence-electron chi connectivity index (χ1n) is 6.64. The van der Waals surface area contributed by atoms with Crippen LogP contribution in [0.5, 0.6) is 11.5 Å². The van der Waals surface area contributed by atoms with Crippen molar-refractivity contribution in [3.63, 3.8) is 0 Å². The number of alkyl halides is 1. The smallest absolute Gasteiger partial charge is 0.130 e. The Bertz CT molecular complexity index is 390. The van der Waals surface area contributed by atoms with Crippen LogP contribution in [-0.2, 0) is 14.2 Å². The van der Waals surface area contributed by atoms with Crippen LogP contribution in [0, 0.1) is 0 Å². The molecule has 0 aliphatic carbocycles. The minimum atomic E-state index is 0.191. The fraction of sp³-hybridized carbons (Fsp3) is 0.571. The predicted molar refractivity (Wildman–Crippen MR) is 87.6 cm³/mol. The van der Waals surface area contributed by atoms with Crippen molar-refractivity contribution in [1.29, 1.82) is 0 Å². The molecule has 0 amide bonds. The molecule has 0 aliphatic heterocycles. The van der Waals surface area contributed by atoms with Gasteiger partial charge < -0.3 is 24.1 Å². The van der Waals surface area contributed by atoms with Gasteiger partial charge in [0.25, 0.3) is 0 Å². The van der Waals surface area contributed by atoms with Crippen LogP contribution in [0.25, 0.3) is 0 Å². The first kappa shape index (κ1) is 18.7. The van der Waals surface area contributed by atoms with Gasteiger partial charge in [-0.25, -0.2) is 0 Å². The number of phenols is 1. The van der Waals surface area contributed by atoms with Crippen molar-refractivity contribution in [2.45, 2.75) is 0 Å². The van der Waals surface area contributed by atoms with Gasteiger partial charge in [0.2, 0.25) is 0 Å². The van der Waals surface area contributed by atoms with Gasteiger partial charge in [0.15, 0.2) is 0 Å². The second kappa shape index (κ2) is 12.2. The van der Waals surface area contributed by atoms with Gasteiger partial charge in [0.1, 0.15) is 18.1 Å². The van der Waals surface area contributed by atoms with Gasteiger partial charge in [-0.3, -0.25) is 0 Å². The first-order chi connectivity index (χ1) is 10.2. The Morgan fingerprint density at radius 1 is 0.857 bits per heavy atom. The summed E-state index contributed by atoms with van der Waals surface area (Å²) in [4.78, 5) is 0. The first-order valence-corrected chi connectivity index (χ1v) is 8.56. The Kier molecular flexibility index (Phi) is 10.9. The van der Waals surface area contributed by atoms with Gasteiger partial charge in [-0.2, -0.15) is 0 Å². The van der Waals surface area contributed by atoms with E-state index in [0.717, 1.165) is 5.33 Å². The number of ether oxygens (including phenoxy) is 4. The number of hydrogen-bond acceptors (Lipinski definition) is 5. The molecule has 1 rings (SSSR count). The lowest BCUT2D eigenvalue weighted by molar-refractivity contribution is 0.0118. The topological polar surface area (TPSA) is 57.2 Å². The van der Waals surface area contributed by atoms with Crippen molar-refractivity contribution >= 4 is 31.9 Å². The second-order valence-electron chi connectivity index (χ2n) is 3.99. The van der Waals surface area contributed by atoms with E-state index in [2.05, 4.69) is 31.9 Å². The van der Waals surface area contributed by atoms with Gasteiger partial charge in [0, 0.05) is 5.33 Å². The van der Waals surface area contributed by atoms with Crippen molar-refractivity contribution in [3.8, 4) is 11.5 Å². The molecule has 0 fully saturated rings. The minimum absolute atomic E-state index is 0.191. The summed E-state index contributed by atoms with van der Waals surface area (Å²) < 4.78 is 22.0. The fourth-order valence-corrected chi connectivity index (χ4v) is 1.98. The summed E-state index contributed by atoms with van der Waals surface area (Å²) in [5.74, 6) is 0.874. The van der Waals surface area contributed by atoms with Gasteiger partial charge >= 0.3 is 0 Å². The normalized spacial score (nSPS) is 10.8. The van der Waals surface area contributed by atoms with E-state index in [9.17, 15) is 5.11 Å². The molecule has 0 atom stereocenters. The molecule has 0 bridgehead atoms. The minimum Gasteiger partial charge on any atom is -0.507 e. The molecule has 0 spiro atoms. The number of rotatable bonds is 12. The maximum absolute atomic E-state index is 9.35. The molecule has 0 saturated carbocycles. The second-order valence-corrected chi connectivity index (χ2v) is 5.64. The average molecular weight is 428 g/mol. The molecule has 0 saturated heterocycles. The van der Waals surface area contributed by atoms with Gasteiger partial charge in [-0.15, -0.1) is 0 Å². The number of phenolic OH excluding ortho intramolecular Hbond substituents is 1. The maximum atomic E-state index is 9.35. The van der Waals surface area contributed by atoms with Crippen LogP contribution in [0.15, 0.2) is 22.7 Å². The third-order valence-corrected chi connectivity index (χ3v) is 3.34. The lowest BCUT2D eigenvalue weighted by Crippen LogP contribution is -2.13. The van der Waals surface area contributed by atoms with Crippen LogP contribution in [0.3, 0.4) is 0 Å². The summed E-state index contributed by atoms with van der Waals surface area (Å²) in [7, 11) is 0. The predicted octanol–water partition coefficient (Wildman–Crippen LogP) is 2.98. The zero-order valence-electron chi connectivity index (χ0n) is 11.7. The average Bonchev–Trinajstić information content (AvgIpc) is 2.48. The number of hydrogen-bond donors (Lipinski definition) is 1. The van der Waals surface area contributed by atoms with Crippen LogP contribution in [0.4, 0.5) is 0 Å². The molecular weight excluding hydrogens is 408 g/mol.